The molecule has 5 nitrogen and oxygen atoms in total. The van der Waals surface area contributed by atoms with E-state index in [-0.39, 0.29) is 18.1 Å². The number of carbonyl (C=O) groups excluding carboxylic acids is 1. The Balaban J connectivity index is 3.88. The fourth-order valence-corrected chi connectivity index (χ4v) is 1.34. The highest BCUT2D eigenvalue weighted by Crippen LogP contribution is 1.93. The molecule has 0 bridgehead atoms. The first-order valence-corrected chi connectivity index (χ1v) is 5.58. The number of sulfone groups is 1. The van der Waals surface area contributed by atoms with Crippen molar-refractivity contribution in [2.24, 2.45) is 5.73 Å². The molecule has 1 amide bonds. The number of rotatable bonds is 4. The van der Waals surface area contributed by atoms with Gasteiger partial charge in [-0.25, -0.2) is 8.42 Å². The minimum Gasteiger partial charge on any atom is -0.358 e. The third-order valence-corrected chi connectivity index (χ3v) is 2.36. The number of carbonyl (C=O) groups is 1. The average molecular weight is 194 g/mol. The first kappa shape index (κ1) is 11.4. The molecule has 3 N–H and O–H groups in total. The lowest BCUT2D eigenvalue weighted by atomic mass is 10.2. The molecule has 0 aromatic rings. The lowest BCUT2D eigenvalue weighted by molar-refractivity contribution is -0.121. The molecule has 0 rings (SSSR count). The van der Waals surface area contributed by atoms with Gasteiger partial charge in [-0.3, -0.25) is 4.79 Å². The molecule has 0 saturated heterocycles. The van der Waals surface area contributed by atoms with Gasteiger partial charge in [0.05, 0.1) is 11.8 Å². The molecular weight excluding hydrogens is 180 g/mol. The minimum absolute atomic E-state index is 0.0540. The second kappa shape index (κ2) is 4.42. The van der Waals surface area contributed by atoms with Gasteiger partial charge in [0.2, 0.25) is 5.91 Å². The normalized spacial score (nSPS) is 13.9. The summed E-state index contributed by atoms with van der Waals surface area (Å²) >= 11 is 0. The Morgan fingerprint density at radius 1 is 1.58 bits per heavy atom. The van der Waals surface area contributed by atoms with E-state index < -0.39 is 15.9 Å². The lowest BCUT2D eigenvalue weighted by Crippen LogP contribution is -2.39. The molecule has 0 aromatic heterocycles. The number of amides is 1. The van der Waals surface area contributed by atoms with Crippen LogP contribution in [0, 0.1) is 0 Å². The standard InChI is InChI=1S/C6H14N2O3S/c1-8-6(9)5(7)3-4-12(2,10)11/h5H,3-4,7H2,1-2H3,(H,8,9)/t5-/m0/s1. The third-order valence-electron chi connectivity index (χ3n) is 1.38. The molecular formula is C6H14N2O3S. The molecule has 0 aromatic carbocycles. The highest BCUT2D eigenvalue weighted by molar-refractivity contribution is 7.90. The van der Waals surface area contributed by atoms with Crippen molar-refractivity contribution < 1.29 is 13.2 Å². The Morgan fingerprint density at radius 2 is 2.08 bits per heavy atom. The molecule has 72 valence electrons. The number of nitrogens with two attached hydrogens (primary N) is 1. The molecule has 0 unspecified atom stereocenters. The van der Waals surface area contributed by atoms with Gasteiger partial charge in [-0.05, 0) is 6.42 Å². The summed E-state index contributed by atoms with van der Waals surface area (Å²) in [5.74, 6) is -0.389. The summed E-state index contributed by atoms with van der Waals surface area (Å²) in [4.78, 5) is 10.8. The predicted molar refractivity (Wildman–Crippen MR) is 46.4 cm³/mol. The maximum absolute atomic E-state index is 10.8. The zero-order chi connectivity index (χ0) is 9.78. The van der Waals surface area contributed by atoms with Crippen LogP contribution in [0.25, 0.3) is 0 Å². The van der Waals surface area contributed by atoms with Crippen molar-refractivity contribution in [3.05, 3.63) is 0 Å². The van der Waals surface area contributed by atoms with E-state index in [1.54, 1.807) is 0 Å². The Kier molecular flexibility index (Phi) is 4.19. The predicted octanol–water partition coefficient (Wildman–Crippen LogP) is -1.51. The fourth-order valence-electron chi connectivity index (χ4n) is 0.658. The van der Waals surface area contributed by atoms with Crippen molar-refractivity contribution in [3.63, 3.8) is 0 Å². The molecule has 0 aliphatic heterocycles. The number of hydrogen-bond acceptors (Lipinski definition) is 4. The van der Waals surface area contributed by atoms with Crippen LogP contribution in [0.1, 0.15) is 6.42 Å². The second-order valence-electron chi connectivity index (χ2n) is 2.64. The summed E-state index contributed by atoms with van der Waals surface area (Å²) in [7, 11) is -1.56. The Bertz CT molecular complexity index is 248. The molecule has 0 spiro atoms. The van der Waals surface area contributed by atoms with Crippen LogP contribution in [-0.2, 0) is 14.6 Å². The molecule has 12 heavy (non-hydrogen) atoms. The molecule has 0 aliphatic carbocycles. The molecule has 0 fully saturated rings. The van der Waals surface area contributed by atoms with Gasteiger partial charge >= 0.3 is 0 Å². The quantitative estimate of drug-likeness (QED) is 0.569. The van der Waals surface area contributed by atoms with Gasteiger partial charge in [0.1, 0.15) is 9.84 Å². The van der Waals surface area contributed by atoms with Crippen molar-refractivity contribution in [3.8, 4) is 0 Å². The van der Waals surface area contributed by atoms with Crippen LogP contribution < -0.4 is 11.1 Å². The summed E-state index contributed by atoms with van der Waals surface area (Å²) in [6.45, 7) is 0. The van der Waals surface area contributed by atoms with Crippen LogP contribution in [0.5, 0.6) is 0 Å². The van der Waals surface area contributed by atoms with Crippen LogP contribution in [0.15, 0.2) is 0 Å². The third kappa shape index (κ3) is 5.09. The van der Waals surface area contributed by atoms with E-state index in [9.17, 15) is 13.2 Å². The summed E-state index contributed by atoms with van der Waals surface area (Å²) in [6.07, 6.45) is 1.28. The van der Waals surface area contributed by atoms with Gasteiger partial charge in [0, 0.05) is 13.3 Å². The van der Waals surface area contributed by atoms with E-state index in [0.29, 0.717) is 0 Å². The van der Waals surface area contributed by atoms with Gasteiger partial charge in [-0.15, -0.1) is 0 Å². The SMILES string of the molecule is CNC(=O)[C@@H](N)CCS(C)(=O)=O. The lowest BCUT2D eigenvalue weighted by Gasteiger charge is -2.07. The van der Waals surface area contributed by atoms with Gasteiger partial charge in [-0.2, -0.15) is 0 Å². The van der Waals surface area contributed by atoms with E-state index in [2.05, 4.69) is 5.32 Å². The van der Waals surface area contributed by atoms with E-state index in [0.717, 1.165) is 6.26 Å². The van der Waals surface area contributed by atoms with Gasteiger partial charge in [-0.1, -0.05) is 0 Å². The van der Waals surface area contributed by atoms with E-state index in [4.69, 9.17) is 5.73 Å². The highest BCUT2D eigenvalue weighted by Gasteiger charge is 2.13. The van der Waals surface area contributed by atoms with Crippen LogP contribution >= 0.6 is 0 Å². The topological polar surface area (TPSA) is 89.3 Å². The number of likely N-dealkylation sites (N-methyl/N-ethyl adjacent to an activating group) is 1. The summed E-state index contributed by atoms with van der Waals surface area (Å²) < 4.78 is 21.3. The monoisotopic (exact) mass is 194 g/mol. The van der Waals surface area contributed by atoms with Gasteiger partial charge in [0.15, 0.2) is 0 Å². The molecule has 0 aliphatic rings. The zero-order valence-electron chi connectivity index (χ0n) is 7.20. The first-order chi connectivity index (χ1) is 5.37. The number of nitrogens with one attached hydrogen (secondary N) is 1. The molecule has 6 heteroatoms. The van der Waals surface area contributed by atoms with Crippen molar-refractivity contribution in [2.45, 2.75) is 12.5 Å². The maximum atomic E-state index is 10.8. The van der Waals surface area contributed by atoms with Crippen molar-refractivity contribution in [1.29, 1.82) is 0 Å². The maximum Gasteiger partial charge on any atom is 0.236 e. The van der Waals surface area contributed by atoms with Gasteiger partial charge in [0.25, 0.3) is 0 Å². The van der Waals surface area contributed by atoms with Crippen molar-refractivity contribution >= 4 is 15.7 Å². The zero-order valence-corrected chi connectivity index (χ0v) is 8.02. The van der Waals surface area contributed by atoms with Crippen molar-refractivity contribution in [1.82, 2.24) is 5.32 Å². The number of hydrogen-bond donors (Lipinski definition) is 2. The molecule has 0 heterocycles. The molecule has 0 saturated carbocycles. The second-order valence-corrected chi connectivity index (χ2v) is 4.90. The molecule has 1 atom stereocenters. The summed E-state index contributed by atoms with van der Waals surface area (Å²) in [5.41, 5.74) is 5.36. The van der Waals surface area contributed by atoms with Crippen LogP contribution in [0.4, 0.5) is 0 Å². The minimum atomic E-state index is -3.02. The van der Waals surface area contributed by atoms with Crippen molar-refractivity contribution in [2.75, 3.05) is 19.1 Å². The van der Waals surface area contributed by atoms with E-state index >= 15 is 0 Å². The largest absolute Gasteiger partial charge is 0.358 e. The average Bonchev–Trinajstić information content (AvgIpc) is 1.97. The Labute approximate surface area is 72.2 Å². The summed E-state index contributed by atoms with van der Waals surface area (Å²) in [5, 5.41) is 2.34. The molecule has 0 radical (unpaired) electrons. The van der Waals surface area contributed by atoms with Crippen LogP contribution in [0.2, 0.25) is 0 Å². The Hall–Kier alpha value is -0.620. The van der Waals surface area contributed by atoms with E-state index in [1.165, 1.54) is 7.05 Å². The Morgan fingerprint density at radius 3 is 2.42 bits per heavy atom. The summed E-state index contributed by atoms with van der Waals surface area (Å²) in [6, 6.07) is -0.732. The highest BCUT2D eigenvalue weighted by atomic mass is 32.2. The van der Waals surface area contributed by atoms with Gasteiger partial charge < -0.3 is 11.1 Å². The van der Waals surface area contributed by atoms with E-state index in [1.807, 2.05) is 0 Å². The smallest absolute Gasteiger partial charge is 0.236 e. The van der Waals surface area contributed by atoms with Crippen LogP contribution in [0.3, 0.4) is 0 Å². The van der Waals surface area contributed by atoms with Crippen LogP contribution in [-0.4, -0.2) is 39.4 Å². The fraction of sp³-hybridized carbons (Fsp3) is 0.833. The first-order valence-electron chi connectivity index (χ1n) is 3.51.